The fraction of sp³-hybridized carbons (Fsp3) is 0.500. The van der Waals surface area contributed by atoms with Gasteiger partial charge >= 0.3 is 0 Å². The lowest BCUT2D eigenvalue weighted by Crippen LogP contribution is -2.47. The minimum atomic E-state index is 0.0914. The second-order valence-electron chi connectivity index (χ2n) is 7.26. The first kappa shape index (κ1) is 16.5. The molecular formula is C20H26N4O. The van der Waals surface area contributed by atoms with E-state index in [1.807, 2.05) is 18.2 Å². The Hall–Kier alpha value is -1.98. The number of para-hydroxylation sites is 1. The van der Waals surface area contributed by atoms with E-state index in [0.717, 1.165) is 55.6 Å². The normalized spacial score (nSPS) is 18.9. The molecule has 1 aliphatic heterocycles. The van der Waals surface area contributed by atoms with Crippen LogP contribution in [0.15, 0.2) is 24.3 Å². The van der Waals surface area contributed by atoms with Crippen molar-refractivity contribution >= 4 is 22.5 Å². The van der Waals surface area contributed by atoms with Crippen molar-refractivity contribution in [2.75, 3.05) is 45.1 Å². The van der Waals surface area contributed by atoms with Crippen molar-refractivity contribution < 1.29 is 4.79 Å². The predicted octanol–water partition coefficient (Wildman–Crippen LogP) is 2.30. The molecule has 1 fully saturated rings. The van der Waals surface area contributed by atoms with Crippen molar-refractivity contribution in [2.45, 2.75) is 25.7 Å². The number of amides is 1. The van der Waals surface area contributed by atoms with Gasteiger partial charge in [-0.3, -0.25) is 14.7 Å². The van der Waals surface area contributed by atoms with Gasteiger partial charge < -0.3 is 10.2 Å². The van der Waals surface area contributed by atoms with Crippen LogP contribution in [0.5, 0.6) is 0 Å². The standard InChI is InChI=1S/C20H26N4O/c1-23-10-12-24(13-11-23)14-19(25)22-20-15-6-2-4-8-17(15)21-18-9-5-3-7-16(18)20/h2,4,6,8H,3,5,7,9-14H2,1H3,(H,21,22,25). The molecular weight excluding hydrogens is 312 g/mol. The number of benzene rings is 1. The van der Waals surface area contributed by atoms with Gasteiger partial charge in [-0.1, -0.05) is 18.2 Å². The van der Waals surface area contributed by atoms with Crippen LogP contribution in [0, 0.1) is 0 Å². The van der Waals surface area contributed by atoms with Crippen LogP contribution in [-0.4, -0.2) is 60.5 Å². The first-order valence-corrected chi connectivity index (χ1v) is 9.32. The number of likely N-dealkylation sites (N-methyl/N-ethyl adjacent to an activating group) is 1. The number of fused-ring (bicyclic) bond motifs is 2. The Labute approximate surface area is 149 Å². The number of rotatable bonds is 3. The zero-order valence-electron chi connectivity index (χ0n) is 14.9. The number of carbonyl (C=O) groups is 1. The molecule has 4 rings (SSSR count). The van der Waals surface area contributed by atoms with Gasteiger partial charge in [0, 0.05) is 37.3 Å². The molecule has 1 aromatic carbocycles. The van der Waals surface area contributed by atoms with E-state index in [4.69, 9.17) is 4.98 Å². The monoisotopic (exact) mass is 338 g/mol. The Bertz CT molecular complexity index is 781. The lowest BCUT2D eigenvalue weighted by Gasteiger charge is -2.32. The van der Waals surface area contributed by atoms with Crippen LogP contribution in [-0.2, 0) is 17.6 Å². The molecule has 2 aliphatic rings. The third-order valence-electron chi connectivity index (χ3n) is 5.40. The molecule has 1 aromatic heterocycles. The first-order valence-electron chi connectivity index (χ1n) is 9.32. The number of aryl methyl sites for hydroxylation is 1. The van der Waals surface area contributed by atoms with Crippen LogP contribution in [0.1, 0.15) is 24.1 Å². The third-order valence-corrected chi connectivity index (χ3v) is 5.40. The van der Waals surface area contributed by atoms with Gasteiger partial charge in [0.05, 0.1) is 17.7 Å². The van der Waals surface area contributed by atoms with Crippen molar-refractivity contribution in [3.05, 3.63) is 35.5 Å². The molecule has 0 atom stereocenters. The largest absolute Gasteiger partial charge is 0.324 e. The summed E-state index contributed by atoms with van der Waals surface area (Å²) in [5, 5.41) is 4.30. The van der Waals surface area contributed by atoms with Gasteiger partial charge in [0.2, 0.25) is 5.91 Å². The Morgan fingerprint density at radius 2 is 1.88 bits per heavy atom. The fourth-order valence-electron chi connectivity index (χ4n) is 3.90. The van der Waals surface area contributed by atoms with E-state index in [1.54, 1.807) is 0 Å². The number of aromatic nitrogens is 1. The minimum Gasteiger partial charge on any atom is -0.324 e. The highest BCUT2D eigenvalue weighted by molar-refractivity contribution is 6.03. The molecule has 132 valence electrons. The van der Waals surface area contributed by atoms with Gasteiger partial charge in [-0.25, -0.2) is 0 Å². The molecule has 2 heterocycles. The average molecular weight is 338 g/mol. The highest BCUT2D eigenvalue weighted by Gasteiger charge is 2.21. The van der Waals surface area contributed by atoms with Crippen molar-refractivity contribution in [3.8, 4) is 0 Å². The van der Waals surface area contributed by atoms with Crippen LogP contribution in [0.4, 0.5) is 5.69 Å². The quantitative estimate of drug-likeness (QED) is 0.933. The number of anilines is 1. The summed E-state index contributed by atoms with van der Waals surface area (Å²) in [6.45, 7) is 4.44. The van der Waals surface area contributed by atoms with E-state index >= 15 is 0 Å². The maximum Gasteiger partial charge on any atom is 0.238 e. The number of piperazine rings is 1. The summed E-state index contributed by atoms with van der Waals surface area (Å²) in [7, 11) is 2.13. The summed E-state index contributed by atoms with van der Waals surface area (Å²) < 4.78 is 0. The van der Waals surface area contributed by atoms with Gasteiger partial charge in [0.15, 0.2) is 0 Å². The van der Waals surface area contributed by atoms with E-state index in [1.165, 1.54) is 24.1 Å². The first-order chi connectivity index (χ1) is 12.2. The van der Waals surface area contributed by atoms with Gasteiger partial charge in [-0.2, -0.15) is 0 Å². The molecule has 0 spiro atoms. The zero-order chi connectivity index (χ0) is 17.2. The van der Waals surface area contributed by atoms with Crippen LogP contribution < -0.4 is 5.32 Å². The summed E-state index contributed by atoms with van der Waals surface area (Å²) in [6.07, 6.45) is 4.39. The fourth-order valence-corrected chi connectivity index (χ4v) is 3.90. The minimum absolute atomic E-state index is 0.0914. The Morgan fingerprint density at radius 1 is 1.12 bits per heavy atom. The van der Waals surface area contributed by atoms with Crippen molar-refractivity contribution in [2.24, 2.45) is 0 Å². The summed E-state index contributed by atoms with van der Waals surface area (Å²) >= 11 is 0. The second kappa shape index (κ2) is 7.10. The SMILES string of the molecule is CN1CCN(CC(=O)Nc2c3c(nc4ccccc24)CCCC3)CC1. The Morgan fingerprint density at radius 3 is 2.72 bits per heavy atom. The molecule has 1 amide bonds. The molecule has 0 radical (unpaired) electrons. The van der Waals surface area contributed by atoms with E-state index in [9.17, 15) is 4.79 Å². The zero-order valence-corrected chi connectivity index (χ0v) is 14.9. The van der Waals surface area contributed by atoms with Crippen molar-refractivity contribution in [3.63, 3.8) is 0 Å². The van der Waals surface area contributed by atoms with Crippen LogP contribution in [0.3, 0.4) is 0 Å². The van der Waals surface area contributed by atoms with Crippen molar-refractivity contribution in [1.82, 2.24) is 14.8 Å². The molecule has 0 saturated carbocycles. The second-order valence-corrected chi connectivity index (χ2v) is 7.26. The van der Waals surface area contributed by atoms with Gasteiger partial charge in [-0.15, -0.1) is 0 Å². The average Bonchev–Trinajstić information content (AvgIpc) is 2.63. The number of carbonyl (C=O) groups excluding carboxylic acids is 1. The van der Waals surface area contributed by atoms with Gasteiger partial charge in [0.1, 0.15) is 0 Å². The Balaban J connectivity index is 1.58. The van der Waals surface area contributed by atoms with E-state index < -0.39 is 0 Å². The number of hydrogen-bond donors (Lipinski definition) is 1. The highest BCUT2D eigenvalue weighted by Crippen LogP contribution is 2.33. The molecule has 5 nitrogen and oxygen atoms in total. The van der Waals surface area contributed by atoms with Crippen LogP contribution >= 0.6 is 0 Å². The van der Waals surface area contributed by atoms with Crippen molar-refractivity contribution in [1.29, 1.82) is 0 Å². The summed E-state index contributed by atoms with van der Waals surface area (Å²) in [5.41, 5.74) is 4.40. The summed E-state index contributed by atoms with van der Waals surface area (Å²) in [5.74, 6) is 0.0914. The predicted molar refractivity (Wildman–Crippen MR) is 101 cm³/mol. The van der Waals surface area contributed by atoms with Gasteiger partial charge in [0.25, 0.3) is 0 Å². The molecule has 1 N–H and O–H groups in total. The van der Waals surface area contributed by atoms with Crippen LogP contribution in [0.25, 0.3) is 10.9 Å². The lowest BCUT2D eigenvalue weighted by atomic mass is 9.92. The molecule has 2 aromatic rings. The number of nitrogens with one attached hydrogen (secondary N) is 1. The summed E-state index contributed by atoms with van der Waals surface area (Å²) in [4.78, 5) is 22.1. The number of pyridine rings is 1. The van der Waals surface area contributed by atoms with E-state index in [2.05, 4.69) is 28.2 Å². The third kappa shape index (κ3) is 3.53. The van der Waals surface area contributed by atoms with Gasteiger partial charge in [-0.05, 0) is 44.4 Å². The topological polar surface area (TPSA) is 48.5 Å². The molecule has 1 aliphatic carbocycles. The van der Waals surface area contributed by atoms with E-state index in [0.29, 0.717) is 6.54 Å². The number of nitrogens with zero attached hydrogens (tertiary/aromatic N) is 3. The smallest absolute Gasteiger partial charge is 0.238 e. The van der Waals surface area contributed by atoms with E-state index in [-0.39, 0.29) is 5.91 Å². The molecule has 1 saturated heterocycles. The Kier molecular flexibility index (Phi) is 4.68. The maximum absolute atomic E-state index is 12.7. The molecule has 0 bridgehead atoms. The molecule has 25 heavy (non-hydrogen) atoms. The summed E-state index contributed by atoms with van der Waals surface area (Å²) in [6, 6.07) is 8.15. The molecule has 5 heteroatoms. The molecule has 0 unspecified atom stereocenters. The maximum atomic E-state index is 12.7. The highest BCUT2D eigenvalue weighted by atomic mass is 16.2. The lowest BCUT2D eigenvalue weighted by molar-refractivity contribution is -0.117. The number of hydrogen-bond acceptors (Lipinski definition) is 4. The van der Waals surface area contributed by atoms with Crippen LogP contribution in [0.2, 0.25) is 0 Å².